The number of aliphatic hydroxyl groups excluding tert-OH is 3. The molecular weight excluding hydrogens is 559 g/mol. The van der Waals surface area contributed by atoms with Crippen molar-refractivity contribution >= 4 is 25.0 Å². The highest BCUT2D eigenvalue weighted by molar-refractivity contribution is 7.99. The van der Waals surface area contributed by atoms with E-state index in [1.54, 1.807) is 11.8 Å². The van der Waals surface area contributed by atoms with Gasteiger partial charge in [-0.15, -0.1) is 0 Å². The lowest BCUT2D eigenvalue weighted by Gasteiger charge is -2.25. The Balaban J connectivity index is 0. The molecule has 0 aromatic heterocycles. The van der Waals surface area contributed by atoms with Crippen LogP contribution in [0.3, 0.4) is 0 Å². The van der Waals surface area contributed by atoms with Crippen LogP contribution in [0, 0.1) is 6.92 Å². The average Bonchev–Trinajstić information content (AvgIpc) is 3.24. The smallest absolute Gasteiger partial charge is 0.0704 e. The molecule has 3 N–H and O–H groups in total. The van der Waals surface area contributed by atoms with E-state index in [9.17, 15) is 0 Å². The van der Waals surface area contributed by atoms with E-state index in [2.05, 4.69) is 72.7 Å². The topological polar surface area (TPSA) is 97.6 Å². The molecule has 0 saturated carbocycles. The molecule has 41 heavy (non-hydrogen) atoms. The van der Waals surface area contributed by atoms with E-state index >= 15 is 0 Å². The monoisotopic (exact) mass is 622 g/mol. The summed E-state index contributed by atoms with van der Waals surface area (Å²) in [5.41, 5.74) is 2.70. The van der Waals surface area contributed by atoms with Crippen LogP contribution in [0.4, 0.5) is 0 Å². The molecule has 244 valence electrons. The van der Waals surface area contributed by atoms with Crippen LogP contribution in [0.15, 0.2) is 24.3 Å². The third-order valence-corrected chi connectivity index (χ3v) is 10.1. The van der Waals surface area contributed by atoms with Crippen molar-refractivity contribution in [1.82, 2.24) is 0 Å². The first-order valence-electron chi connectivity index (χ1n) is 15.5. The second-order valence-electron chi connectivity index (χ2n) is 9.76. The van der Waals surface area contributed by atoms with Gasteiger partial charge in [0.25, 0.3) is 0 Å². The first kappa shape index (κ1) is 42.9. The fourth-order valence-electron chi connectivity index (χ4n) is 4.01. The first-order valence-corrected chi connectivity index (χ1v) is 18.1. The van der Waals surface area contributed by atoms with Crippen LogP contribution in [0.5, 0.6) is 0 Å². The van der Waals surface area contributed by atoms with Crippen molar-refractivity contribution in [3.8, 4) is 0 Å². The molecule has 1 aromatic rings. The minimum atomic E-state index is -0.167. The van der Waals surface area contributed by atoms with Crippen LogP contribution in [0.1, 0.15) is 72.8 Å². The van der Waals surface area contributed by atoms with Gasteiger partial charge in [-0.1, -0.05) is 80.2 Å². The summed E-state index contributed by atoms with van der Waals surface area (Å²) < 4.78 is 21.9. The van der Waals surface area contributed by atoms with Crippen molar-refractivity contribution in [2.24, 2.45) is 0 Å². The summed E-state index contributed by atoms with van der Waals surface area (Å²) in [6.45, 7) is 20.4. The third-order valence-electron chi connectivity index (χ3n) is 5.75. The molecule has 0 spiro atoms. The fourth-order valence-corrected chi connectivity index (χ4v) is 7.93. The summed E-state index contributed by atoms with van der Waals surface area (Å²) in [4.78, 5) is 0. The first-order chi connectivity index (χ1) is 19.9. The van der Waals surface area contributed by atoms with Crippen LogP contribution in [0.2, 0.25) is 0 Å². The van der Waals surface area contributed by atoms with E-state index in [4.69, 9.17) is 34.3 Å². The van der Waals surface area contributed by atoms with E-state index in [0.29, 0.717) is 50.5 Å². The third kappa shape index (κ3) is 23.8. The fraction of sp³-hybridized carbons (Fsp3) is 0.812. The van der Waals surface area contributed by atoms with Crippen LogP contribution in [-0.4, -0.2) is 110 Å². The van der Waals surface area contributed by atoms with Gasteiger partial charge < -0.3 is 34.3 Å². The van der Waals surface area contributed by atoms with E-state index in [0.717, 1.165) is 44.0 Å². The zero-order valence-electron chi connectivity index (χ0n) is 27.2. The van der Waals surface area contributed by atoms with E-state index < -0.39 is 0 Å². The quantitative estimate of drug-likeness (QED) is 0.143. The number of benzene rings is 1. The normalized spacial score (nSPS) is 19.4. The Bertz CT molecular complexity index is 638. The summed E-state index contributed by atoms with van der Waals surface area (Å²) in [6.07, 6.45) is 5.00. The van der Waals surface area contributed by atoms with Crippen LogP contribution < -0.4 is 5.30 Å². The Morgan fingerprint density at radius 3 is 1.78 bits per heavy atom. The average molecular weight is 623 g/mol. The second-order valence-corrected chi connectivity index (χ2v) is 14.0. The Morgan fingerprint density at radius 2 is 1.27 bits per heavy atom. The molecular formula is C32H63O7PS. The second kappa shape index (κ2) is 32.6. The molecule has 7 nitrogen and oxygen atoms in total. The zero-order chi connectivity index (χ0) is 31.1. The van der Waals surface area contributed by atoms with Gasteiger partial charge in [-0.05, 0) is 42.7 Å². The number of hydrogen-bond donors (Lipinski definition) is 3. The molecule has 1 aliphatic rings. The number of rotatable bonds is 18. The van der Waals surface area contributed by atoms with Crippen molar-refractivity contribution in [2.45, 2.75) is 91.6 Å². The molecule has 3 unspecified atom stereocenters. The molecule has 2 rings (SSSR count). The van der Waals surface area contributed by atoms with Gasteiger partial charge >= 0.3 is 0 Å². The summed E-state index contributed by atoms with van der Waals surface area (Å²) in [5, 5.41) is 26.5. The lowest BCUT2D eigenvalue weighted by Crippen LogP contribution is -2.24. The van der Waals surface area contributed by atoms with E-state index in [1.165, 1.54) is 17.3 Å². The maximum Gasteiger partial charge on any atom is 0.0704 e. The zero-order valence-corrected chi connectivity index (χ0v) is 28.9. The standard InChI is InChI=1S/C19H31O4P.C6H14O.C4H10O2S.C3H8/c1-15-6-4-5-7-19(15)24-16(2)14-18(17(24)3)23-13-12-22-11-10-21-9-8-20;1-3-5-7-6-4-2;5-1-3-7-4-2-6;1-3-2/h4-7,16-18,20H,8-14H2,1-3H3;3-6H2,1-2H3;5-6H,1-4H2;3H2,1-2H3/t16?,17-,18?,24?;;;/m0.../s1. The molecule has 1 saturated heterocycles. The maximum absolute atomic E-state index is 8.61. The van der Waals surface area contributed by atoms with Gasteiger partial charge in [0.2, 0.25) is 0 Å². The number of hydrogen-bond acceptors (Lipinski definition) is 8. The lowest BCUT2D eigenvalue weighted by molar-refractivity contribution is -0.0137. The Morgan fingerprint density at radius 1 is 0.756 bits per heavy atom. The molecule has 4 atom stereocenters. The Hall–Kier alpha value is -0.280. The van der Waals surface area contributed by atoms with Gasteiger partial charge in [-0.25, -0.2) is 0 Å². The van der Waals surface area contributed by atoms with Crippen molar-refractivity contribution in [1.29, 1.82) is 0 Å². The van der Waals surface area contributed by atoms with Gasteiger partial charge in [-0.3, -0.25) is 0 Å². The minimum Gasteiger partial charge on any atom is -0.396 e. The van der Waals surface area contributed by atoms with Crippen LogP contribution in [-0.2, 0) is 18.9 Å². The van der Waals surface area contributed by atoms with Crippen molar-refractivity contribution in [3.63, 3.8) is 0 Å². The van der Waals surface area contributed by atoms with Gasteiger partial charge in [-0.2, -0.15) is 11.8 Å². The van der Waals surface area contributed by atoms with Crippen molar-refractivity contribution in [2.75, 3.05) is 77.6 Å². The number of aryl methyl sites for hydroxylation is 1. The molecule has 1 aromatic carbocycles. The molecule has 0 amide bonds. The van der Waals surface area contributed by atoms with E-state index in [-0.39, 0.29) is 27.7 Å². The lowest BCUT2D eigenvalue weighted by atomic mass is 10.2. The summed E-state index contributed by atoms with van der Waals surface area (Å²) in [7, 11) is -0.167. The predicted molar refractivity (Wildman–Crippen MR) is 179 cm³/mol. The molecule has 0 bridgehead atoms. The predicted octanol–water partition coefficient (Wildman–Crippen LogP) is 5.64. The minimum absolute atomic E-state index is 0.0603. The van der Waals surface area contributed by atoms with E-state index in [1.807, 2.05) is 0 Å². The number of aliphatic hydroxyl groups is 3. The summed E-state index contributed by atoms with van der Waals surface area (Å²) >= 11 is 1.55. The molecule has 0 radical (unpaired) electrons. The largest absolute Gasteiger partial charge is 0.396 e. The van der Waals surface area contributed by atoms with Crippen LogP contribution in [0.25, 0.3) is 0 Å². The Kier molecular flexibility index (Phi) is 34.1. The highest BCUT2D eigenvalue weighted by Gasteiger charge is 2.39. The van der Waals surface area contributed by atoms with Gasteiger partial charge in [0, 0.05) is 30.4 Å². The molecule has 1 fully saturated rings. The summed E-state index contributed by atoms with van der Waals surface area (Å²) in [5.74, 6) is 1.47. The number of thioether (sulfide) groups is 1. The molecule has 1 aliphatic heterocycles. The van der Waals surface area contributed by atoms with Gasteiger partial charge in [0.1, 0.15) is 0 Å². The Labute approximate surface area is 257 Å². The van der Waals surface area contributed by atoms with Gasteiger partial charge in [0.15, 0.2) is 0 Å². The number of ether oxygens (including phenoxy) is 4. The van der Waals surface area contributed by atoms with Crippen molar-refractivity contribution < 1.29 is 34.3 Å². The van der Waals surface area contributed by atoms with Crippen molar-refractivity contribution in [3.05, 3.63) is 29.8 Å². The van der Waals surface area contributed by atoms with Gasteiger partial charge in [0.05, 0.1) is 59.0 Å². The molecule has 0 aliphatic carbocycles. The molecule has 1 heterocycles. The summed E-state index contributed by atoms with van der Waals surface area (Å²) in [6, 6.07) is 8.80. The van der Waals surface area contributed by atoms with Crippen LogP contribution >= 0.6 is 19.7 Å². The SMILES string of the molecule is CCC.CCCOCCC.Cc1ccccc1P1C(C)CC(OCCOCCOCCO)[C@@H]1C.OCCSCCO. The molecule has 9 heteroatoms. The highest BCUT2D eigenvalue weighted by atomic mass is 32.2. The highest BCUT2D eigenvalue weighted by Crippen LogP contribution is 2.55. The maximum atomic E-state index is 8.61.